The number of rotatable bonds is 7. The number of carboxylic acids is 1. The fourth-order valence-corrected chi connectivity index (χ4v) is 1.37. The fraction of sp³-hybridized carbons (Fsp3) is 0.727. The van der Waals surface area contributed by atoms with Gasteiger partial charge in [-0.3, -0.25) is 20.2 Å². The molecule has 0 heterocycles. The molecule has 0 radical (unpaired) electrons. The Balaban J connectivity index is 0. The summed E-state index contributed by atoms with van der Waals surface area (Å²) in [6.07, 6.45) is 1.11. The average molecular weight is 296 g/mol. The molecule has 112 valence electrons. The van der Waals surface area contributed by atoms with Crippen molar-refractivity contribution in [2.75, 3.05) is 6.54 Å². The SMILES string of the molecule is CCCC(NC(C)C(=O)NC(=O)NCC)C(=O)O.Cl. The van der Waals surface area contributed by atoms with Gasteiger partial charge in [-0.15, -0.1) is 12.4 Å². The van der Waals surface area contributed by atoms with Gasteiger partial charge in [-0.1, -0.05) is 13.3 Å². The van der Waals surface area contributed by atoms with Crippen LogP contribution in [0.15, 0.2) is 0 Å². The molecule has 0 aromatic carbocycles. The van der Waals surface area contributed by atoms with Crippen molar-refractivity contribution in [1.82, 2.24) is 16.0 Å². The van der Waals surface area contributed by atoms with Gasteiger partial charge in [0.2, 0.25) is 5.91 Å². The third-order valence-corrected chi connectivity index (χ3v) is 2.29. The highest BCUT2D eigenvalue weighted by molar-refractivity contribution is 5.97. The van der Waals surface area contributed by atoms with Crippen molar-refractivity contribution in [3.63, 3.8) is 0 Å². The van der Waals surface area contributed by atoms with Gasteiger partial charge in [-0.25, -0.2) is 4.79 Å². The first-order valence-electron chi connectivity index (χ1n) is 5.99. The van der Waals surface area contributed by atoms with E-state index < -0.39 is 30.0 Å². The van der Waals surface area contributed by atoms with Gasteiger partial charge in [0.15, 0.2) is 0 Å². The molecule has 2 atom stereocenters. The first-order chi connectivity index (χ1) is 8.42. The minimum Gasteiger partial charge on any atom is -0.480 e. The predicted molar refractivity (Wildman–Crippen MR) is 73.4 cm³/mol. The summed E-state index contributed by atoms with van der Waals surface area (Å²) in [4.78, 5) is 33.6. The average Bonchev–Trinajstić information content (AvgIpc) is 2.28. The molecule has 0 fully saturated rings. The van der Waals surface area contributed by atoms with Crippen LogP contribution in [-0.2, 0) is 9.59 Å². The largest absolute Gasteiger partial charge is 0.480 e. The molecule has 4 N–H and O–H groups in total. The van der Waals surface area contributed by atoms with Gasteiger partial charge in [0, 0.05) is 6.54 Å². The summed E-state index contributed by atoms with van der Waals surface area (Å²) < 4.78 is 0. The van der Waals surface area contributed by atoms with Crippen molar-refractivity contribution < 1.29 is 19.5 Å². The van der Waals surface area contributed by atoms with E-state index >= 15 is 0 Å². The van der Waals surface area contributed by atoms with Crippen LogP contribution in [0.1, 0.15) is 33.6 Å². The van der Waals surface area contributed by atoms with E-state index in [1.165, 1.54) is 6.92 Å². The Morgan fingerprint density at radius 1 is 1.21 bits per heavy atom. The van der Waals surface area contributed by atoms with E-state index in [1.807, 2.05) is 6.92 Å². The van der Waals surface area contributed by atoms with Gasteiger partial charge in [0.05, 0.1) is 6.04 Å². The van der Waals surface area contributed by atoms with Gasteiger partial charge in [0.25, 0.3) is 0 Å². The van der Waals surface area contributed by atoms with Crippen molar-refractivity contribution in [2.24, 2.45) is 0 Å². The van der Waals surface area contributed by atoms with Crippen LogP contribution in [0.4, 0.5) is 4.79 Å². The molecule has 0 aliphatic carbocycles. The van der Waals surface area contributed by atoms with Crippen LogP contribution in [0.2, 0.25) is 0 Å². The molecule has 0 aromatic rings. The minimum atomic E-state index is -1.01. The molecule has 0 saturated carbocycles. The number of hydrogen-bond acceptors (Lipinski definition) is 4. The monoisotopic (exact) mass is 295 g/mol. The molecule has 19 heavy (non-hydrogen) atoms. The lowest BCUT2D eigenvalue weighted by atomic mass is 10.1. The number of imide groups is 1. The molecule has 0 bridgehead atoms. The maximum Gasteiger partial charge on any atom is 0.321 e. The van der Waals surface area contributed by atoms with Gasteiger partial charge < -0.3 is 10.4 Å². The highest BCUT2D eigenvalue weighted by Crippen LogP contribution is 1.98. The van der Waals surface area contributed by atoms with Crippen LogP contribution in [0.25, 0.3) is 0 Å². The van der Waals surface area contributed by atoms with Crippen LogP contribution in [-0.4, -0.2) is 41.6 Å². The number of amides is 3. The molecule has 2 unspecified atom stereocenters. The maximum absolute atomic E-state index is 11.6. The number of urea groups is 1. The minimum absolute atomic E-state index is 0. The fourth-order valence-electron chi connectivity index (χ4n) is 1.37. The lowest BCUT2D eigenvalue weighted by molar-refractivity contribution is -0.140. The number of nitrogens with one attached hydrogen (secondary N) is 3. The van der Waals surface area contributed by atoms with Crippen LogP contribution < -0.4 is 16.0 Å². The molecule has 0 aliphatic heterocycles. The second kappa shape index (κ2) is 10.6. The summed E-state index contributed by atoms with van der Waals surface area (Å²) >= 11 is 0. The van der Waals surface area contributed by atoms with Crippen LogP contribution in [0.3, 0.4) is 0 Å². The molecular weight excluding hydrogens is 274 g/mol. The van der Waals surface area contributed by atoms with E-state index in [4.69, 9.17) is 5.11 Å². The lowest BCUT2D eigenvalue weighted by Gasteiger charge is -2.18. The Bertz CT molecular complexity index is 312. The molecule has 7 nitrogen and oxygen atoms in total. The zero-order chi connectivity index (χ0) is 14.1. The summed E-state index contributed by atoms with van der Waals surface area (Å²) in [6, 6.07) is -2.12. The van der Waals surface area contributed by atoms with E-state index in [9.17, 15) is 14.4 Å². The summed E-state index contributed by atoms with van der Waals surface area (Å²) in [5.74, 6) is -1.56. The number of carbonyl (C=O) groups excluding carboxylic acids is 2. The van der Waals surface area contributed by atoms with Crippen molar-refractivity contribution in [3.05, 3.63) is 0 Å². The summed E-state index contributed by atoms with van der Waals surface area (Å²) in [5.41, 5.74) is 0. The van der Waals surface area contributed by atoms with Gasteiger partial charge >= 0.3 is 12.0 Å². The quantitative estimate of drug-likeness (QED) is 0.546. The number of carbonyl (C=O) groups is 3. The van der Waals surface area contributed by atoms with Crippen LogP contribution in [0.5, 0.6) is 0 Å². The Labute approximate surface area is 118 Å². The summed E-state index contributed by atoms with van der Waals surface area (Å²) in [5, 5.41) is 16.1. The second-order valence-corrected chi connectivity index (χ2v) is 3.92. The van der Waals surface area contributed by atoms with Gasteiger partial charge in [-0.05, 0) is 20.3 Å². The van der Waals surface area contributed by atoms with E-state index in [0.29, 0.717) is 19.4 Å². The predicted octanol–water partition coefficient (Wildman–Crippen LogP) is 0.485. The molecular formula is C11H22ClN3O4. The molecule has 3 amide bonds. The highest BCUT2D eigenvalue weighted by Gasteiger charge is 2.23. The molecule has 0 aromatic heterocycles. The molecule has 0 aliphatic rings. The first-order valence-corrected chi connectivity index (χ1v) is 5.99. The van der Waals surface area contributed by atoms with Crippen molar-refractivity contribution in [2.45, 2.75) is 45.7 Å². The normalized spacial score (nSPS) is 12.8. The number of aliphatic carboxylic acids is 1. The Kier molecular flexibility index (Phi) is 11.1. The van der Waals surface area contributed by atoms with Gasteiger partial charge in [0.1, 0.15) is 6.04 Å². The van der Waals surface area contributed by atoms with E-state index in [2.05, 4.69) is 16.0 Å². The van der Waals surface area contributed by atoms with Crippen molar-refractivity contribution in [1.29, 1.82) is 0 Å². The number of halogens is 1. The third-order valence-electron chi connectivity index (χ3n) is 2.29. The Morgan fingerprint density at radius 2 is 1.79 bits per heavy atom. The Morgan fingerprint density at radius 3 is 2.21 bits per heavy atom. The van der Waals surface area contributed by atoms with Crippen molar-refractivity contribution >= 4 is 30.3 Å². The zero-order valence-corrected chi connectivity index (χ0v) is 12.2. The Hall–Kier alpha value is -1.34. The smallest absolute Gasteiger partial charge is 0.321 e. The standard InChI is InChI=1S/C11H21N3O4.ClH/c1-4-6-8(10(16)17)13-7(3)9(15)14-11(18)12-5-2;/h7-8,13H,4-6H2,1-3H3,(H,16,17)(H2,12,14,15,18);1H. The van der Waals surface area contributed by atoms with Gasteiger partial charge in [-0.2, -0.15) is 0 Å². The maximum atomic E-state index is 11.6. The number of carboxylic acid groups (broad SMARTS) is 1. The number of hydrogen-bond donors (Lipinski definition) is 4. The van der Waals surface area contributed by atoms with Crippen LogP contribution >= 0.6 is 12.4 Å². The van der Waals surface area contributed by atoms with E-state index in [0.717, 1.165) is 0 Å². The third kappa shape index (κ3) is 8.39. The lowest BCUT2D eigenvalue weighted by Crippen LogP contribution is -2.52. The summed E-state index contributed by atoms with van der Waals surface area (Å²) in [6.45, 7) is 5.51. The topological polar surface area (TPSA) is 108 Å². The zero-order valence-electron chi connectivity index (χ0n) is 11.4. The highest BCUT2D eigenvalue weighted by atomic mass is 35.5. The second-order valence-electron chi connectivity index (χ2n) is 3.92. The summed E-state index contributed by atoms with van der Waals surface area (Å²) in [7, 11) is 0. The molecule has 0 spiro atoms. The van der Waals surface area contributed by atoms with E-state index in [1.54, 1.807) is 6.92 Å². The van der Waals surface area contributed by atoms with Crippen molar-refractivity contribution in [3.8, 4) is 0 Å². The first kappa shape index (κ1) is 20.0. The molecule has 8 heteroatoms. The van der Waals surface area contributed by atoms with E-state index in [-0.39, 0.29) is 12.4 Å². The molecule has 0 rings (SSSR count). The van der Waals surface area contributed by atoms with Crippen LogP contribution in [0, 0.1) is 0 Å². The molecule has 0 saturated heterocycles.